The van der Waals surface area contributed by atoms with Crippen LogP contribution in [0.1, 0.15) is 12.8 Å². The van der Waals surface area contributed by atoms with Crippen molar-refractivity contribution in [3.8, 4) is 11.3 Å². The monoisotopic (exact) mass is 375 g/mol. The molecule has 1 aliphatic heterocycles. The number of anilines is 1. The van der Waals surface area contributed by atoms with E-state index in [4.69, 9.17) is 10.7 Å². The fraction of sp³-hybridized carbons (Fsp3) is 0.250. The molecule has 4 rings (SSSR count). The van der Waals surface area contributed by atoms with Crippen LogP contribution in [0.4, 0.5) is 5.69 Å². The van der Waals surface area contributed by atoms with Crippen molar-refractivity contribution in [3.05, 3.63) is 60.7 Å². The maximum Gasteiger partial charge on any atom is 0.0730 e. The van der Waals surface area contributed by atoms with Gasteiger partial charge in [-0.15, -0.1) is 24.8 Å². The molecule has 0 saturated carbocycles. The van der Waals surface area contributed by atoms with Gasteiger partial charge in [0.15, 0.2) is 0 Å². The fourth-order valence-corrected chi connectivity index (χ4v) is 3.32. The fourth-order valence-electron chi connectivity index (χ4n) is 3.32. The van der Waals surface area contributed by atoms with Gasteiger partial charge in [-0.25, -0.2) is 4.98 Å². The van der Waals surface area contributed by atoms with Crippen LogP contribution in [0.2, 0.25) is 0 Å². The normalized spacial score (nSPS) is 14.7. The Hall–Kier alpha value is -1.81. The van der Waals surface area contributed by atoms with Crippen LogP contribution in [0, 0.1) is 0 Å². The summed E-state index contributed by atoms with van der Waals surface area (Å²) in [6.07, 6.45) is 2.11. The molecule has 5 heteroatoms. The third-order valence-electron chi connectivity index (χ3n) is 4.64. The lowest BCUT2D eigenvalue weighted by Crippen LogP contribution is -2.39. The van der Waals surface area contributed by atoms with Gasteiger partial charge in [-0.3, -0.25) is 0 Å². The molecule has 1 fully saturated rings. The average molecular weight is 376 g/mol. The zero-order valence-corrected chi connectivity index (χ0v) is 15.6. The Morgan fingerprint density at radius 1 is 0.880 bits per heavy atom. The van der Waals surface area contributed by atoms with Gasteiger partial charge < -0.3 is 10.6 Å². The first-order chi connectivity index (χ1) is 11.3. The molecular formula is C20H23Cl2N3. The Morgan fingerprint density at radius 2 is 1.52 bits per heavy atom. The van der Waals surface area contributed by atoms with E-state index >= 15 is 0 Å². The number of nitrogens with two attached hydrogens (primary N) is 1. The number of hydrogen-bond donors (Lipinski definition) is 1. The lowest BCUT2D eigenvalue weighted by molar-refractivity contribution is 0.502. The Labute approximate surface area is 161 Å². The number of piperidine rings is 1. The summed E-state index contributed by atoms with van der Waals surface area (Å²) in [6, 6.07) is 21.4. The maximum atomic E-state index is 6.07. The molecule has 132 valence electrons. The van der Waals surface area contributed by atoms with Gasteiger partial charge in [-0.2, -0.15) is 0 Å². The van der Waals surface area contributed by atoms with Gasteiger partial charge >= 0.3 is 0 Å². The molecule has 0 bridgehead atoms. The topological polar surface area (TPSA) is 42.1 Å². The number of rotatable bonds is 2. The van der Waals surface area contributed by atoms with Gasteiger partial charge in [0, 0.05) is 35.8 Å². The van der Waals surface area contributed by atoms with E-state index in [1.54, 1.807) is 0 Å². The molecule has 2 N–H and O–H groups in total. The highest BCUT2D eigenvalue weighted by Crippen LogP contribution is 2.32. The number of hydrogen-bond acceptors (Lipinski definition) is 3. The van der Waals surface area contributed by atoms with Crippen LogP contribution in [0.25, 0.3) is 22.2 Å². The van der Waals surface area contributed by atoms with Crippen molar-refractivity contribution in [2.75, 3.05) is 18.0 Å². The van der Waals surface area contributed by atoms with Crippen molar-refractivity contribution in [1.82, 2.24) is 4.98 Å². The molecule has 0 unspecified atom stereocenters. The molecule has 0 amide bonds. The summed E-state index contributed by atoms with van der Waals surface area (Å²) in [5.74, 6) is 0. The highest BCUT2D eigenvalue weighted by molar-refractivity contribution is 5.94. The highest BCUT2D eigenvalue weighted by atomic mass is 35.5. The van der Waals surface area contributed by atoms with Crippen LogP contribution < -0.4 is 10.6 Å². The first kappa shape index (κ1) is 19.5. The van der Waals surface area contributed by atoms with Gasteiger partial charge in [-0.1, -0.05) is 48.5 Å². The Bertz CT molecular complexity index is 816. The van der Waals surface area contributed by atoms with Crippen molar-refractivity contribution in [2.45, 2.75) is 18.9 Å². The zero-order valence-electron chi connectivity index (χ0n) is 14.0. The molecule has 1 aromatic heterocycles. The molecule has 3 nitrogen and oxygen atoms in total. The molecule has 0 spiro atoms. The van der Waals surface area contributed by atoms with Gasteiger partial charge in [0.05, 0.1) is 11.2 Å². The molecule has 2 heterocycles. The number of nitrogens with zero attached hydrogens (tertiary/aromatic N) is 2. The van der Waals surface area contributed by atoms with E-state index < -0.39 is 0 Å². The smallest absolute Gasteiger partial charge is 0.0730 e. The van der Waals surface area contributed by atoms with E-state index in [-0.39, 0.29) is 24.8 Å². The number of pyridine rings is 1. The molecule has 3 aromatic rings. The maximum absolute atomic E-state index is 6.07. The molecular weight excluding hydrogens is 353 g/mol. The molecule has 0 radical (unpaired) electrons. The molecule has 1 aliphatic rings. The Morgan fingerprint density at radius 3 is 2.24 bits per heavy atom. The van der Waals surface area contributed by atoms with E-state index in [1.807, 2.05) is 6.07 Å². The second-order valence-corrected chi connectivity index (χ2v) is 6.23. The van der Waals surface area contributed by atoms with E-state index in [2.05, 4.69) is 59.5 Å². The number of para-hydroxylation sites is 1. The number of benzene rings is 2. The summed E-state index contributed by atoms with van der Waals surface area (Å²) in [5.41, 5.74) is 10.6. The number of fused-ring (bicyclic) bond motifs is 1. The van der Waals surface area contributed by atoms with Crippen molar-refractivity contribution in [1.29, 1.82) is 0 Å². The number of aromatic nitrogens is 1. The third-order valence-corrected chi connectivity index (χ3v) is 4.64. The van der Waals surface area contributed by atoms with Crippen molar-refractivity contribution in [2.24, 2.45) is 5.73 Å². The first-order valence-corrected chi connectivity index (χ1v) is 8.27. The summed E-state index contributed by atoms with van der Waals surface area (Å²) >= 11 is 0. The van der Waals surface area contributed by atoms with Crippen LogP contribution in [0.15, 0.2) is 60.7 Å². The minimum Gasteiger partial charge on any atom is -0.371 e. The molecule has 2 aromatic carbocycles. The number of halogens is 2. The summed E-state index contributed by atoms with van der Waals surface area (Å²) in [4.78, 5) is 7.32. The second kappa shape index (κ2) is 8.52. The van der Waals surface area contributed by atoms with E-state index in [9.17, 15) is 0 Å². The Balaban J connectivity index is 0.00000113. The van der Waals surface area contributed by atoms with E-state index in [0.29, 0.717) is 6.04 Å². The van der Waals surface area contributed by atoms with Gasteiger partial charge in [0.1, 0.15) is 0 Å². The predicted octanol–water partition coefficient (Wildman–Crippen LogP) is 4.67. The van der Waals surface area contributed by atoms with Gasteiger partial charge in [0.2, 0.25) is 0 Å². The summed E-state index contributed by atoms with van der Waals surface area (Å²) in [6.45, 7) is 2.03. The van der Waals surface area contributed by atoms with Crippen LogP contribution in [0.5, 0.6) is 0 Å². The van der Waals surface area contributed by atoms with Crippen LogP contribution >= 0.6 is 24.8 Å². The quantitative estimate of drug-likeness (QED) is 0.707. The van der Waals surface area contributed by atoms with E-state index in [1.165, 1.54) is 11.1 Å². The van der Waals surface area contributed by atoms with Crippen molar-refractivity contribution in [3.63, 3.8) is 0 Å². The second-order valence-electron chi connectivity index (χ2n) is 6.23. The van der Waals surface area contributed by atoms with Gasteiger partial charge in [-0.05, 0) is 25.0 Å². The molecule has 0 aliphatic carbocycles. The highest BCUT2D eigenvalue weighted by Gasteiger charge is 2.19. The van der Waals surface area contributed by atoms with Crippen LogP contribution in [-0.2, 0) is 0 Å². The molecule has 0 atom stereocenters. The zero-order chi connectivity index (χ0) is 15.6. The minimum atomic E-state index is 0. The predicted molar refractivity (Wildman–Crippen MR) is 111 cm³/mol. The van der Waals surface area contributed by atoms with Gasteiger partial charge in [0.25, 0.3) is 0 Å². The van der Waals surface area contributed by atoms with E-state index in [0.717, 1.165) is 42.7 Å². The van der Waals surface area contributed by atoms with Crippen molar-refractivity contribution < 1.29 is 0 Å². The standard InChI is InChI=1S/C20H21N3.2ClH/c21-16-10-12-23(13-11-16)20-14-19(15-6-2-1-3-7-15)22-18-9-5-4-8-17(18)20;;/h1-9,14,16H,10-13,21H2;2*1H. The summed E-state index contributed by atoms with van der Waals surface area (Å²) < 4.78 is 0. The largest absolute Gasteiger partial charge is 0.371 e. The molecule has 1 saturated heterocycles. The summed E-state index contributed by atoms with van der Waals surface area (Å²) in [5, 5.41) is 1.22. The summed E-state index contributed by atoms with van der Waals surface area (Å²) in [7, 11) is 0. The lowest BCUT2D eigenvalue weighted by atomic mass is 10.0. The van der Waals surface area contributed by atoms with Crippen LogP contribution in [-0.4, -0.2) is 24.1 Å². The Kier molecular flexibility index (Phi) is 6.65. The first-order valence-electron chi connectivity index (χ1n) is 8.27. The van der Waals surface area contributed by atoms with Crippen LogP contribution in [0.3, 0.4) is 0 Å². The lowest BCUT2D eigenvalue weighted by Gasteiger charge is -2.33. The molecule has 25 heavy (non-hydrogen) atoms. The van der Waals surface area contributed by atoms with Crippen molar-refractivity contribution >= 4 is 41.4 Å². The SMILES string of the molecule is Cl.Cl.NC1CCN(c2cc(-c3ccccc3)nc3ccccc23)CC1. The average Bonchev–Trinajstić information content (AvgIpc) is 2.62. The third kappa shape index (κ3) is 4.06. The minimum absolute atomic E-state index is 0.